The van der Waals surface area contributed by atoms with Gasteiger partial charge in [0, 0.05) is 23.0 Å². The van der Waals surface area contributed by atoms with Crippen LogP contribution in [0.1, 0.15) is 17.0 Å². The highest BCUT2D eigenvalue weighted by atomic mass is 35.5. The molecule has 0 radical (unpaired) electrons. The van der Waals surface area contributed by atoms with Crippen molar-refractivity contribution in [1.29, 1.82) is 0 Å². The van der Waals surface area contributed by atoms with Gasteiger partial charge < -0.3 is 5.32 Å². The van der Waals surface area contributed by atoms with E-state index in [9.17, 15) is 9.59 Å². The highest BCUT2D eigenvalue weighted by molar-refractivity contribution is 6.33. The Morgan fingerprint density at radius 1 is 1.17 bits per heavy atom. The maximum atomic E-state index is 12.4. The van der Waals surface area contributed by atoms with Gasteiger partial charge in [-0.3, -0.25) is 9.59 Å². The molecule has 1 aliphatic heterocycles. The van der Waals surface area contributed by atoms with Crippen LogP contribution in [0.3, 0.4) is 0 Å². The second-order valence-corrected chi connectivity index (χ2v) is 5.90. The number of nitrogens with one attached hydrogen (secondary N) is 2. The van der Waals surface area contributed by atoms with Crippen molar-refractivity contribution in [2.24, 2.45) is 11.0 Å². The molecule has 1 aliphatic rings. The van der Waals surface area contributed by atoms with Gasteiger partial charge in [-0.2, -0.15) is 5.10 Å². The lowest BCUT2D eigenvalue weighted by Crippen LogP contribution is -2.34. The van der Waals surface area contributed by atoms with Crippen LogP contribution in [-0.2, 0) is 9.59 Å². The van der Waals surface area contributed by atoms with Gasteiger partial charge in [0.1, 0.15) is 5.92 Å². The second kappa shape index (κ2) is 7.27. The highest BCUT2D eigenvalue weighted by Crippen LogP contribution is 2.28. The minimum Gasteiger partial charge on any atom is -0.355 e. The van der Waals surface area contributed by atoms with Crippen molar-refractivity contribution >= 4 is 29.6 Å². The maximum absolute atomic E-state index is 12.4. The number of nitrogens with zero attached hydrogens (tertiary/aromatic N) is 1. The van der Waals surface area contributed by atoms with Gasteiger partial charge in [-0.1, -0.05) is 60.1 Å². The van der Waals surface area contributed by atoms with E-state index in [2.05, 4.69) is 15.8 Å². The predicted octanol–water partition coefficient (Wildman–Crippen LogP) is 2.32. The number of carbonyl (C=O) groups excluding carboxylic acids is 2. The molecule has 5 nitrogen and oxygen atoms in total. The Morgan fingerprint density at radius 2 is 1.88 bits per heavy atom. The molecule has 2 amide bonds. The lowest BCUT2D eigenvalue weighted by Gasteiger charge is -2.15. The monoisotopic (exact) mass is 341 g/mol. The Labute approximate surface area is 144 Å². The molecule has 0 aliphatic carbocycles. The zero-order valence-electron chi connectivity index (χ0n) is 12.8. The summed E-state index contributed by atoms with van der Waals surface area (Å²) in [4.78, 5) is 24.4. The van der Waals surface area contributed by atoms with Crippen LogP contribution in [0.5, 0.6) is 0 Å². The van der Waals surface area contributed by atoms with Crippen LogP contribution in [0.15, 0.2) is 59.7 Å². The molecule has 24 heavy (non-hydrogen) atoms. The van der Waals surface area contributed by atoms with E-state index in [0.717, 1.165) is 5.56 Å². The van der Waals surface area contributed by atoms with Crippen LogP contribution in [0, 0.1) is 5.92 Å². The molecule has 1 fully saturated rings. The van der Waals surface area contributed by atoms with Crippen LogP contribution in [0.4, 0.5) is 0 Å². The van der Waals surface area contributed by atoms with Gasteiger partial charge in [0.05, 0.1) is 6.21 Å². The summed E-state index contributed by atoms with van der Waals surface area (Å²) in [5, 5.41) is 7.20. The van der Waals surface area contributed by atoms with Crippen LogP contribution in [-0.4, -0.2) is 24.6 Å². The fraction of sp³-hybridized carbons (Fsp3) is 0.167. The Morgan fingerprint density at radius 3 is 2.62 bits per heavy atom. The first kappa shape index (κ1) is 16.2. The number of hydrazone groups is 1. The Kier molecular flexibility index (Phi) is 4.91. The quantitative estimate of drug-likeness (QED) is 0.509. The zero-order chi connectivity index (χ0) is 16.9. The molecule has 1 saturated heterocycles. The first-order chi connectivity index (χ1) is 11.7. The summed E-state index contributed by atoms with van der Waals surface area (Å²) < 4.78 is 0. The van der Waals surface area contributed by atoms with Crippen molar-refractivity contribution in [3.8, 4) is 0 Å². The molecule has 0 saturated carbocycles. The van der Waals surface area contributed by atoms with E-state index in [1.807, 2.05) is 42.5 Å². The van der Waals surface area contributed by atoms with Crippen molar-refractivity contribution in [2.45, 2.75) is 5.92 Å². The third-order valence-electron chi connectivity index (χ3n) is 3.97. The molecule has 6 heteroatoms. The number of benzene rings is 2. The molecule has 2 aromatic rings. The van der Waals surface area contributed by atoms with Crippen molar-refractivity contribution in [2.75, 3.05) is 6.54 Å². The number of carbonyl (C=O) groups is 2. The van der Waals surface area contributed by atoms with Gasteiger partial charge in [-0.15, -0.1) is 0 Å². The normalized spacial score (nSPS) is 20.1. The van der Waals surface area contributed by atoms with Gasteiger partial charge in [0.15, 0.2) is 0 Å². The largest absolute Gasteiger partial charge is 0.355 e. The topological polar surface area (TPSA) is 70.6 Å². The molecule has 0 spiro atoms. The van der Waals surface area contributed by atoms with Crippen molar-refractivity contribution in [3.63, 3.8) is 0 Å². The lowest BCUT2D eigenvalue weighted by atomic mass is 9.88. The van der Waals surface area contributed by atoms with Crippen molar-refractivity contribution < 1.29 is 9.59 Å². The second-order valence-electron chi connectivity index (χ2n) is 5.50. The summed E-state index contributed by atoms with van der Waals surface area (Å²) in [6.07, 6.45) is 1.46. The van der Waals surface area contributed by atoms with Gasteiger partial charge in [-0.05, 0) is 11.6 Å². The van der Waals surface area contributed by atoms with Crippen molar-refractivity contribution in [3.05, 3.63) is 70.7 Å². The van der Waals surface area contributed by atoms with Crippen molar-refractivity contribution in [1.82, 2.24) is 10.7 Å². The molecule has 0 aromatic heterocycles. The van der Waals surface area contributed by atoms with Crippen LogP contribution >= 0.6 is 11.6 Å². The number of halogens is 1. The van der Waals surface area contributed by atoms with E-state index in [1.54, 1.807) is 12.1 Å². The molecule has 2 aromatic carbocycles. The number of hydrogen-bond acceptors (Lipinski definition) is 3. The molecule has 3 rings (SSSR count). The Hall–Kier alpha value is -2.66. The first-order valence-corrected chi connectivity index (χ1v) is 7.94. The fourth-order valence-corrected chi connectivity index (χ4v) is 2.93. The average molecular weight is 342 g/mol. The van der Waals surface area contributed by atoms with Crippen LogP contribution in [0.25, 0.3) is 0 Å². The SMILES string of the molecule is O=C1NC[C@H](c2ccccc2)[C@@H]1C(=O)NN=Cc1ccccc1Cl. The fourth-order valence-electron chi connectivity index (χ4n) is 2.75. The first-order valence-electron chi connectivity index (χ1n) is 7.57. The molecule has 122 valence electrons. The minimum absolute atomic E-state index is 0.200. The Bertz CT molecular complexity index is 777. The summed E-state index contributed by atoms with van der Waals surface area (Å²) in [5.41, 5.74) is 4.08. The molecule has 0 unspecified atom stereocenters. The molecule has 2 N–H and O–H groups in total. The number of amides is 2. The third kappa shape index (κ3) is 3.46. The smallest absolute Gasteiger partial charge is 0.253 e. The standard InChI is InChI=1S/C18H16ClN3O2/c19-15-9-5-4-8-13(15)10-21-22-18(24)16-14(11-20-17(16)23)12-6-2-1-3-7-12/h1-10,14,16H,11H2,(H,20,23)(H,22,24)/t14-,16+/m1/s1. The number of hydrogen-bond donors (Lipinski definition) is 2. The maximum Gasteiger partial charge on any atom is 0.253 e. The van der Waals surface area contributed by atoms with E-state index in [-0.39, 0.29) is 11.8 Å². The molecular formula is C18H16ClN3O2. The van der Waals surface area contributed by atoms with E-state index in [0.29, 0.717) is 17.1 Å². The zero-order valence-corrected chi connectivity index (χ0v) is 13.5. The highest BCUT2D eigenvalue weighted by Gasteiger charge is 2.40. The van der Waals surface area contributed by atoms with Gasteiger partial charge >= 0.3 is 0 Å². The molecule has 0 bridgehead atoms. The minimum atomic E-state index is -0.796. The van der Waals surface area contributed by atoms with Gasteiger partial charge in [-0.25, -0.2) is 5.43 Å². The number of rotatable bonds is 4. The van der Waals surface area contributed by atoms with Gasteiger partial charge in [0.2, 0.25) is 5.91 Å². The van der Waals surface area contributed by atoms with E-state index in [1.165, 1.54) is 6.21 Å². The predicted molar refractivity (Wildman–Crippen MR) is 92.9 cm³/mol. The van der Waals surface area contributed by atoms with Crippen LogP contribution < -0.4 is 10.7 Å². The third-order valence-corrected chi connectivity index (χ3v) is 4.32. The summed E-state index contributed by atoms with van der Waals surface area (Å²) >= 11 is 6.02. The van der Waals surface area contributed by atoms with Gasteiger partial charge in [0.25, 0.3) is 5.91 Å². The molecule has 1 heterocycles. The van der Waals surface area contributed by atoms with E-state index < -0.39 is 11.8 Å². The summed E-state index contributed by atoms with van der Waals surface area (Å²) in [5.74, 6) is -1.71. The van der Waals surface area contributed by atoms with E-state index >= 15 is 0 Å². The summed E-state index contributed by atoms with van der Waals surface area (Å²) in [6, 6.07) is 16.7. The average Bonchev–Trinajstić information content (AvgIpc) is 2.99. The molecule has 2 atom stereocenters. The summed E-state index contributed by atoms with van der Waals surface area (Å²) in [7, 11) is 0. The Balaban J connectivity index is 1.71. The lowest BCUT2D eigenvalue weighted by molar-refractivity contribution is -0.133. The molecular weight excluding hydrogens is 326 g/mol. The van der Waals surface area contributed by atoms with Crippen LogP contribution in [0.2, 0.25) is 5.02 Å². The van der Waals surface area contributed by atoms with E-state index in [4.69, 9.17) is 11.6 Å². The summed E-state index contributed by atoms with van der Waals surface area (Å²) in [6.45, 7) is 0.440.